The number of halogens is 4. The summed E-state index contributed by atoms with van der Waals surface area (Å²) in [5.41, 5.74) is 0.651. The molecule has 0 aliphatic carbocycles. The largest absolute Gasteiger partial charge is 0.281 e. The molecule has 0 aromatic heterocycles. The van der Waals surface area contributed by atoms with E-state index in [1.807, 2.05) is 19.1 Å². The number of sulfonamides is 1. The number of rotatable bonds is 5. The van der Waals surface area contributed by atoms with Gasteiger partial charge in [0.25, 0.3) is 0 Å². The molecule has 0 bridgehead atoms. The number of nitrogens with one attached hydrogen (secondary N) is 1. The second kappa shape index (κ2) is 7.46. The quantitative estimate of drug-likeness (QED) is 0.396. The Morgan fingerprint density at radius 3 is 2.22 bits per heavy atom. The van der Waals surface area contributed by atoms with Gasteiger partial charge in [-0.05, 0) is 85.8 Å². The van der Waals surface area contributed by atoms with Crippen LogP contribution in [0.2, 0.25) is 0 Å². The SMILES string of the molecule is CC(CCl)CS(=O)(=O)Nc1c(I)cc(I)cc1I. The Morgan fingerprint density at radius 2 is 1.78 bits per heavy atom. The summed E-state index contributed by atoms with van der Waals surface area (Å²) in [6.45, 7) is 1.82. The van der Waals surface area contributed by atoms with Crippen LogP contribution in [0.25, 0.3) is 0 Å². The summed E-state index contributed by atoms with van der Waals surface area (Å²) < 4.78 is 29.5. The number of hydrogen-bond donors (Lipinski definition) is 1. The Morgan fingerprint density at radius 1 is 1.28 bits per heavy atom. The third-order valence-electron chi connectivity index (χ3n) is 2.03. The van der Waals surface area contributed by atoms with Gasteiger partial charge in [0, 0.05) is 16.6 Å². The van der Waals surface area contributed by atoms with Crippen molar-refractivity contribution in [3.8, 4) is 0 Å². The van der Waals surface area contributed by atoms with Crippen LogP contribution in [0.5, 0.6) is 0 Å². The maximum Gasteiger partial charge on any atom is 0.233 e. The van der Waals surface area contributed by atoms with Crippen LogP contribution >= 0.6 is 79.4 Å². The molecule has 0 spiro atoms. The van der Waals surface area contributed by atoms with Gasteiger partial charge in [-0.25, -0.2) is 8.42 Å². The number of benzene rings is 1. The molecule has 102 valence electrons. The van der Waals surface area contributed by atoms with Gasteiger partial charge in [-0.2, -0.15) is 0 Å². The lowest BCUT2D eigenvalue weighted by Gasteiger charge is -2.14. The molecule has 0 fully saturated rings. The van der Waals surface area contributed by atoms with Crippen molar-refractivity contribution in [2.24, 2.45) is 5.92 Å². The average molecular weight is 625 g/mol. The van der Waals surface area contributed by atoms with Crippen LogP contribution in [0.4, 0.5) is 5.69 Å². The van der Waals surface area contributed by atoms with E-state index in [9.17, 15) is 8.42 Å². The molecule has 0 aliphatic rings. The minimum Gasteiger partial charge on any atom is -0.281 e. The van der Waals surface area contributed by atoms with Crippen molar-refractivity contribution < 1.29 is 8.42 Å². The molecular formula is C10H11ClI3NO2S. The highest BCUT2D eigenvalue weighted by molar-refractivity contribution is 14.1. The molecule has 1 aromatic rings. The van der Waals surface area contributed by atoms with E-state index in [4.69, 9.17) is 11.6 Å². The number of hydrogen-bond acceptors (Lipinski definition) is 2. The first kappa shape index (κ1) is 17.5. The van der Waals surface area contributed by atoms with E-state index in [-0.39, 0.29) is 11.7 Å². The molecule has 1 rings (SSSR count). The fraction of sp³-hybridized carbons (Fsp3) is 0.400. The van der Waals surface area contributed by atoms with Crippen molar-refractivity contribution in [2.75, 3.05) is 16.4 Å². The lowest BCUT2D eigenvalue weighted by molar-refractivity contribution is 0.588. The molecule has 8 heteroatoms. The zero-order chi connectivity index (χ0) is 13.9. The molecule has 1 N–H and O–H groups in total. The maximum atomic E-state index is 12.0. The standard InChI is InChI=1S/C10H11ClI3NO2S/c1-6(4-11)5-18(16,17)15-10-8(13)2-7(12)3-9(10)14/h2-3,6,15H,4-5H2,1H3. The third-order valence-corrected chi connectivity index (χ3v) is 6.41. The summed E-state index contributed by atoms with van der Waals surface area (Å²) in [5, 5.41) is 0. The van der Waals surface area contributed by atoms with Crippen LogP contribution in [0.15, 0.2) is 12.1 Å². The van der Waals surface area contributed by atoms with E-state index in [0.717, 1.165) is 10.7 Å². The molecule has 0 radical (unpaired) electrons. The molecule has 0 amide bonds. The first-order valence-corrected chi connectivity index (χ1v) is 10.4. The van der Waals surface area contributed by atoms with Crippen molar-refractivity contribution >= 4 is 95.1 Å². The molecule has 1 aromatic carbocycles. The topological polar surface area (TPSA) is 46.2 Å². The lowest BCUT2D eigenvalue weighted by Crippen LogP contribution is -2.23. The van der Waals surface area contributed by atoms with Crippen molar-refractivity contribution in [2.45, 2.75) is 6.92 Å². The minimum absolute atomic E-state index is 0.0364. The van der Waals surface area contributed by atoms with E-state index in [0.29, 0.717) is 11.6 Å². The van der Waals surface area contributed by atoms with Gasteiger partial charge in [-0.15, -0.1) is 11.6 Å². The van der Waals surface area contributed by atoms with Gasteiger partial charge in [0.05, 0.1) is 11.4 Å². The second-order valence-electron chi connectivity index (χ2n) is 3.89. The third kappa shape index (κ3) is 5.44. The highest BCUT2D eigenvalue weighted by atomic mass is 127. The average Bonchev–Trinajstić information content (AvgIpc) is 2.22. The fourth-order valence-electron chi connectivity index (χ4n) is 1.26. The molecule has 0 heterocycles. The van der Waals surface area contributed by atoms with Crippen molar-refractivity contribution in [3.63, 3.8) is 0 Å². The van der Waals surface area contributed by atoms with Gasteiger partial charge >= 0.3 is 0 Å². The first-order valence-electron chi connectivity index (χ1n) is 4.96. The Balaban J connectivity index is 2.98. The zero-order valence-corrected chi connectivity index (χ0v) is 17.4. The van der Waals surface area contributed by atoms with Crippen LogP contribution in [-0.4, -0.2) is 20.1 Å². The van der Waals surface area contributed by atoms with E-state index in [2.05, 4.69) is 72.5 Å². The highest BCUT2D eigenvalue weighted by Gasteiger charge is 2.18. The van der Waals surface area contributed by atoms with E-state index in [1.54, 1.807) is 0 Å². The minimum atomic E-state index is -3.35. The molecular weight excluding hydrogens is 614 g/mol. The van der Waals surface area contributed by atoms with Gasteiger partial charge in [-0.1, -0.05) is 6.92 Å². The summed E-state index contributed by atoms with van der Waals surface area (Å²) in [7, 11) is -3.35. The predicted octanol–water partition coefficient (Wildman–Crippen LogP) is 4.12. The Kier molecular flexibility index (Phi) is 7.25. The summed E-state index contributed by atoms with van der Waals surface area (Å²) in [6, 6.07) is 3.87. The Labute approximate surface area is 153 Å². The first-order chi connectivity index (χ1) is 8.25. The summed E-state index contributed by atoms with van der Waals surface area (Å²) in [6.07, 6.45) is 0. The fourth-order valence-corrected chi connectivity index (χ4v) is 7.19. The molecule has 3 nitrogen and oxygen atoms in total. The Hall–Kier alpha value is 1.45. The number of anilines is 1. The zero-order valence-electron chi connectivity index (χ0n) is 9.38. The van der Waals surface area contributed by atoms with Crippen LogP contribution in [-0.2, 0) is 10.0 Å². The van der Waals surface area contributed by atoms with Gasteiger partial charge in [-0.3, -0.25) is 4.72 Å². The van der Waals surface area contributed by atoms with Gasteiger partial charge in [0.15, 0.2) is 0 Å². The predicted molar refractivity (Wildman–Crippen MR) is 102 cm³/mol. The van der Waals surface area contributed by atoms with E-state index >= 15 is 0 Å². The molecule has 18 heavy (non-hydrogen) atoms. The summed E-state index contributed by atoms with van der Waals surface area (Å²) >= 11 is 12.1. The molecule has 0 saturated carbocycles. The Bertz CT molecular complexity index is 513. The van der Waals surface area contributed by atoms with Crippen LogP contribution < -0.4 is 4.72 Å². The van der Waals surface area contributed by atoms with Crippen LogP contribution in [0.3, 0.4) is 0 Å². The van der Waals surface area contributed by atoms with Gasteiger partial charge < -0.3 is 0 Å². The smallest absolute Gasteiger partial charge is 0.233 e. The van der Waals surface area contributed by atoms with Gasteiger partial charge in [0.2, 0.25) is 10.0 Å². The molecule has 1 unspecified atom stereocenters. The molecule has 0 saturated heterocycles. The lowest BCUT2D eigenvalue weighted by atomic mass is 10.3. The molecule has 1 atom stereocenters. The normalized spacial score (nSPS) is 13.4. The van der Waals surface area contributed by atoms with Crippen molar-refractivity contribution in [1.29, 1.82) is 0 Å². The van der Waals surface area contributed by atoms with Crippen LogP contribution in [0, 0.1) is 16.6 Å². The molecule has 0 aliphatic heterocycles. The van der Waals surface area contributed by atoms with E-state index < -0.39 is 10.0 Å². The van der Waals surface area contributed by atoms with Crippen LogP contribution in [0.1, 0.15) is 6.92 Å². The second-order valence-corrected chi connectivity index (χ2v) is 9.53. The van der Waals surface area contributed by atoms with E-state index in [1.165, 1.54) is 0 Å². The van der Waals surface area contributed by atoms with Gasteiger partial charge in [0.1, 0.15) is 0 Å². The maximum absolute atomic E-state index is 12.0. The highest BCUT2D eigenvalue weighted by Crippen LogP contribution is 2.28. The number of alkyl halides is 1. The van der Waals surface area contributed by atoms with Crippen molar-refractivity contribution in [3.05, 3.63) is 22.8 Å². The summed E-state index contributed by atoms with van der Waals surface area (Å²) in [4.78, 5) is 0. The monoisotopic (exact) mass is 625 g/mol. The summed E-state index contributed by atoms with van der Waals surface area (Å²) in [5.74, 6) is 0.305. The van der Waals surface area contributed by atoms with Crippen molar-refractivity contribution in [1.82, 2.24) is 0 Å².